The Labute approximate surface area is 110 Å². The topological polar surface area (TPSA) is 54.9 Å². The molecule has 0 aromatic carbocycles. The largest absolute Gasteiger partial charge is 0.352 e. The second-order valence-electron chi connectivity index (χ2n) is 3.98. The fourth-order valence-electron chi connectivity index (χ4n) is 1.56. The summed E-state index contributed by atoms with van der Waals surface area (Å²) in [5, 5.41) is 6.06. The fraction of sp³-hybridized carbons (Fsp3) is 0.308. The molecule has 0 unspecified atom stereocenters. The predicted octanol–water partition coefficient (Wildman–Crippen LogP) is 2.21. The van der Waals surface area contributed by atoms with Gasteiger partial charge in [-0.2, -0.15) is 0 Å². The number of pyridine rings is 1. The van der Waals surface area contributed by atoms with Crippen molar-refractivity contribution < 1.29 is 4.79 Å². The van der Waals surface area contributed by atoms with E-state index in [0.29, 0.717) is 12.1 Å². The highest BCUT2D eigenvalue weighted by molar-refractivity contribution is 7.09. The normalized spacial score (nSPS) is 10.3. The van der Waals surface area contributed by atoms with Gasteiger partial charge in [0.2, 0.25) is 0 Å². The van der Waals surface area contributed by atoms with E-state index in [2.05, 4.69) is 15.3 Å². The fourth-order valence-corrected chi connectivity index (χ4v) is 2.38. The van der Waals surface area contributed by atoms with Crippen LogP contribution in [0.2, 0.25) is 0 Å². The zero-order valence-corrected chi connectivity index (χ0v) is 11.0. The Morgan fingerprint density at radius 3 is 2.83 bits per heavy atom. The number of amides is 1. The number of aromatic nitrogens is 2. The predicted molar refractivity (Wildman–Crippen MR) is 71.7 cm³/mol. The van der Waals surface area contributed by atoms with E-state index in [9.17, 15) is 4.79 Å². The number of nitrogens with zero attached hydrogens (tertiary/aromatic N) is 2. The molecule has 2 aromatic heterocycles. The Hall–Kier alpha value is -1.75. The van der Waals surface area contributed by atoms with Gasteiger partial charge in [-0.1, -0.05) is 0 Å². The van der Waals surface area contributed by atoms with Crippen LogP contribution < -0.4 is 5.32 Å². The third-order valence-corrected chi connectivity index (χ3v) is 3.49. The molecule has 2 aromatic rings. The van der Waals surface area contributed by atoms with Crippen LogP contribution in [0.1, 0.15) is 27.5 Å². The number of thiazole rings is 1. The summed E-state index contributed by atoms with van der Waals surface area (Å²) in [6.07, 6.45) is 5.05. The van der Waals surface area contributed by atoms with E-state index < -0.39 is 0 Å². The van der Waals surface area contributed by atoms with Gasteiger partial charge in [-0.15, -0.1) is 11.3 Å². The molecule has 2 rings (SSSR count). The summed E-state index contributed by atoms with van der Waals surface area (Å²) < 4.78 is 0. The molecular weight excluding hydrogens is 246 g/mol. The highest BCUT2D eigenvalue weighted by Gasteiger charge is 2.04. The Kier molecular flexibility index (Phi) is 4.41. The van der Waals surface area contributed by atoms with Crippen LogP contribution in [0.25, 0.3) is 0 Å². The average molecular weight is 261 g/mol. The van der Waals surface area contributed by atoms with Crippen molar-refractivity contribution >= 4 is 17.2 Å². The third-order valence-electron chi connectivity index (χ3n) is 2.46. The molecule has 1 amide bonds. The van der Waals surface area contributed by atoms with Gasteiger partial charge in [-0.25, -0.2) is 4.98 Å². The molecule has 0 radical (unpaired) electrons. The van der Waals surface area contributed by atoms with E-state index in [4.69, 9.17) is 0 Å². The lowest BCUT2D eigenvalue weighted by Crippen LogP contribution is -2.24. The zero-order chi connectivity index (χ0) is 12.8. The van der Waals surface area contributed by atoms with Gasteiger partial charge in [0.05, 0.1) is 5.01 Å². The molecule has 2 heterocycles. The van der Waals surface area contributed by atoms with Crippen LogP contribution in [0.5, 0.6) is 0 Å². The van der Waals surface area contributed by atoms with Gasteiger partial charge in [0.15, 0.2) is 0 Å². The van der Waals surface area contributed by atoms with Crippen LogP contribution in [0.3, 0.4) is 0 Å². The highest BCUT2D eigenvalue weighted by atomic mass is 32.1. The number of hydrogen-bond donors (Lipinski definition) is 1. The van der Waals surface area contributed by atoms with Crippen molar-refractivity contribution in [3.63, 3.8) is 0 Å². The minimum Gasteiger partial charge on any atom is -0.352 e. The smallest absolute Gasteiger partial charge is 0.251 e. The van der Waals surface area contributed by atoms with Gasteiger partial charge in [-0.3, -0.25) is 9.78 Å². The van der Waals surface area contributed by atoms with Crippen LogP contribution in [-0.4, -0.2) is 22.4 Å². The first kappa shape index (κ1) is 12.7. The van der Waals surface area contributed by atoms with E-state index in [-0.39, 0.29) is 5.91 Å². The summed E-state index contributed by atoms with van der Waals surface area (Å²) >= 11 is 1.67. The summed E-state index contributed by atoms with van der Waals surface area (Å²) in [6.45, 7) is 2.66. The monoisotopic (exact) mass is 261 g/mol. The van der Waals surface area contributed by atoms with Gasteiger partial charge in [-0.05, 0) is 25.5 Å². The molecule has 0 aliphatic rings. The maximum absolute atomic E-state index is 11.7. The molecule has 94 valence electrons. The van der Waals surface area contributed by atoms with Crippen LogP contribution >= 0.6 is 11.3 Å². The molecule has 4 nitrogen and oxygen atoms in total. The Morgan fingerprint density at radius 1 is 1.39 bits per heavy atom. The molecule has 0 aliphatic carbocycles. The van der Waals surface area contributed by atoms with Gasteiger partial charge in [0, 0.05) is 42.0 Å². The number of rotatable bonds is 5. The molecule has 1 N–H and O–H groups in total. The summed E-state index contributed by atoms with van der Waals surface area (Å²) in [4.78, 5) is 20.0. The zero-order valence-electron chi connectivity index (χ0n) is 10.2. The van der Waals surface area contributed by atoms with Crippen molar-refractivity contribution in [3.8, 4) is 0 Å². The Balaban J connectivity index is 1.71. The maximum atomic E-state index is 11.7. The number of hydrogen-bond acceptors (Lipinski definition) is 4. The van der Waals surface area contributed by atoms with Gasteiger partial charge in [0.1, 0.15) is 0 Å². The van der Waals surface area contributed by atoms with Crippen molar-refractivity contribution in [1.29, 1.82) is 0 Å². The maximum Gasteiger partial charge on any atom is 0.251 e. The van der Waals surface area contributed by atoms with Crippen molar-refractivity contribution in [2.45, 2.75) is 19.8 Å². The highest BCUT2D eigenvalue weighted by Crippen LogP contribution is 2.10. The summed E-state index contributed by atoms with van der Waals surface area (Å²) in [5.74, 6) is -0.0484. The van der Waals surface area contributed by atoms with Crippen LogP contribution in [0.15, 0.2) is 29.9 Å². The molecular formula is C13H15N3OS. The van der Waals surface area contributed by atoms with Crippen molar-refractivity contribution in [1.82, 2.24) is 15.3 Å². The standard InChI is InChI=1S/C13H15N3OS/c1-10-9-18-12(16-10)3-2-6-15-13(17)11-4-7-14-8-5-11/h4-5,7-9H,2-3,6H2,1H3,(H,15,17). The Morgan fingerprint density at radius 2 is 2.17 bits per heavy atom. The summed E-state index contributed by atoms with van der Waals surface area (Å²) in [6, 6.07) is 3.42. The minimum atomic E-state index is -0.0484. The lowest BCUT2D eigenvalue weighted by atomic mass is 10.2. The summed E-state index contributed by atoms with van der Waals surface area (Å²) in [5.41, 5.74) is 1.71. The van der Waals surface area contributed by atoms with E-state index in [1.807, 2.05) is 12.3 Å². The molecule has 0 saturated carbocycles. The lowest BCUT2D eigenvalue weighted by molar-refractivity contribution is 0.0953. The van der Waals surface area contributed by atoms with E-state index in [1.54, 1.807) is 35.9 Å². The quantitative estimate of drug-likeness (QED) is 0.840. The van der Waals surface area contributed by atoms with Crippen LogP contribution in [-0.2, 0) is 6.42 Å². The Bertz CT molecular complexity index is 510. The van der Waals surface area contributed by atoms with Crippen LogP contribution in [0, 0.1) is 6.92 Å². The molecule has 0 aliphatic heterocycles. The molecule has 18 heavy (non-hydrogen) atoms. The van der Waals surface area contributed by atoms with Gasteiger partial charge >= 0.3 is 0 Å². The number of carbonyl (C=O) groups is 1. The van der Waals surface area contributed by atoms with Crippen molar-refractivity contribution in [2.75, 3.05) is 6.54 Å². The van der Waals surface area contributed by atoms with E-state index >= 15 is 0 Å². The van der Waals surface area contributed by atoms with Crippen LogP contribution in [0.4, 0.5) is 0 Å². The summed E-state index contributed by atoms with van der Waals surface area (Å²) in [7, 11) is 0. The number of nitrogens with one attached hydrogen (secondary N) is 1. The SMILES string of the molecule is Cc1csc(CCCNC(=O)c2ccncc2)n1. The minimum absolute atomic E-state index is 0.0484. The molecule has 0 saturated heterocycles. The molecule has 5 heteroatoms. The third kappa shape index (κ3) is 3.63. The number of aryl methyl sites for hydroxylation is 2. The second-order valence-corrected chi connectivity index (χ2v) is 4.92. The second kappa shape index (κ2) is 6.26. The molecule has 0 atom stereocenters. The first-order valence-corrected chi connectivity index (χ1v) is 6.73. The average Bonchev–Trinajstić information content (AvgIpc) is 2.81. The molecule has 0 bridgehead atoms. The number of carbonyl (C=O) groups excluding carboxylic acids is 1. The first-order valence-electron chi connectivity index (χ1n) is 5.85. The molecule has 0 fully saturated rings. The van der Waals surface area contributed by atoms with Crippen molar-refractivity contribution in [3.05, 3.63) is 46.2 Å². The van der Waals surface area contributed by atoms with Crippen molar-refractivity contribution in [2.24, 2.45) is 0 Å². The van der Waals surface area contributed by atoms with Gasteiger partial charge in [0.25, 0.3) is 5.91 Å². The van der Waals surface area contributed by atoms with E-state index in [0.717, 1.165) is 23.5 Å². The van der Waals surface area contributed by atoms with Gasteiger partial charge < -0.3 is 5.32 Å². The first-order chi connectivity index (χ1) is 8.75. The van der Waals surface area contributed by atoms with E-state index in [1.165, 1.54) is 0 Å². The lowest BCUT2D eigenvalue weighted by Gasteiger charge is -2.03. The molecule has 0 spiro atoms.